The van der Waals surface area contributed by atoms with Crippen LogP contribution >= 0.6 is 0 Å². The van der Waals surface area contributed by atoms with Crippen molar-refractivity contribution >= 4 is 23.2 Å². The van der Waals surface area contributed by atoms with Crippen LogP contribution in [0.5, 0.6) is 5.75 Å². The number of nitrogens with one attached hydrogen (secondary N) is 2. The molecule has 0 fully saturated rings. The van der Waals surface area contributed by atoms with Crippen LogP contribution in [0.2, 0.25) is 0 Å². The van der Waals surface area contributed by atoms with E-state index in [2.05, 4.69) is 24.5 Å². The molecule has 0 saturated carbocycles. The number of ether oxygens (including phenoxy) is 1. The monoisotopic (exact) mass is 324 g/mol. The van der Waals surface area contributed by atoms with Crippen LogP contribution in [0.4, 0.5) is 11.4 Å². The zero-order valence-electron chi connectivity index (χ0n) is 13.8. The molecular weight excluding hydrogens is 304 g/mol. The fourth-order valence-electron chi connectivity index (χ4n) is 2.52. The average molecular weight is 324 g/mol. The molecule has 0 unspecified atom stereocenters. The van der Waals surface area contributed by atoms with Crippen LogP contribution in [0.3, 0.4) is 0 Å². The lowest BCUT2D eigenvalue weighted by atomic mass is 10.0. The van der Waals surface area contributed by atoms with Crippen LogP contribution in [-0.2, 0) is 4.79 Å². The first-order chi connectivity index (χ1) is 11.5. The van der Waals surface area contributed by atoms with Gasteiger partial charge in [0.15, 0.2) is 0 Å². The Hall–Kier alpha value is -2.82. The van der Waals surface area contributed by atoms with Gasteiger partial charge in [-0.3, -0.25) is 9.59 Å². The quantitative estimate of drug-likeness (QED) is 0.903. The Morgan fingerprint density at radius 2 is 1.92 bits per heavy atom. The number of hydrogen-bond donors (Lipinski definition) is 2. The van der Waals surface area contributed by atoms with Crippen LogP contribution in [0.25, 0.3) is 0 Å². The highest BCUT2D eigenvalue weighted by atomic mass is 16.5. The van der Waals surface area contributed by atoms with Gasteiger partial charge in [-0.2, -0.15) is 0 Å². The number of carbonyl (C=O) groups is 2. The van der Waals surface area contributed by atoms with Crippen molar-refractivity contribution < 1.29 is 14.3 Å². The molecule has 5 nitrogen and oxygen atoms in total. The summed E-state index contributed by atoms with van der Waals surface area (Å²) in [6.45, 7) is 4.58. The fraction of sp³-hybridized carbons (Fsp3) is 0.263. The maximum Gasteiger partial charge on any atom is 0.255 e. The van der Waals surface area contributed by atoms with Gasteiger partial charge in [-0.05, 0) is 41.8 Å². The highest BCUT2D eigenvalue weighted by Crippen LogP contribution is 2.30. The zero-order chi connectivity index (χ0) is 17.1. The minimum atomic E-state index is -0.189. The van der Waals surface area contributed by atoms with Crippen molar-refractivity contribution in [2.75, 3.05) is 17.2 Å². The molecule has 0 aliphatic carbocycles. The maximum atomic E-state index is 12.4. The zero-order valence-corrected chi connectivity index (χ0v) is 13.8. The van der Waals surface area contributed by atoms with E-state index in [1.807, 2.05) is 24.3 Å². The average Bonchev–Trinajstić information content (AvgIpc) is 2.75. The van der Waals surface area contributed by atoms with Crippen molar-refractivity contribution in [3.8, 4) is 5.75 Å². The predicted molar refractivity (Wildman–Crippen MR) is 93.7 cm³/mol. The molecule has 2 aromatic carbocycles. The van der Waals surface area contributed by atoms with Gasteiger partial charge >= 0.3 is 0 Å². The number of carbonyl (C=O) groups excluding carboxylic acids is 2. The number of benzene rings is 2. The largest absolute Gasteiger partial charge is 0.491 e. The van der Waals surface area contributed by atoms with Gasteiger partial charge < -0.3 is 15.4 Å². The van der Waals surface area contributed by atoms with Crippen molar-refractivity contribution in [3.05, 3.63) is 53.6 Å². The molecule has 5 heteroatoms. The molecule has 2 N–H and O–H groups in total. The van der Waals surface area contributed by atoms with Gasteiger partial charge in [0.05, 0.1) is 18.7 Å². The van der Waals surface area contributed by atoms with E-state index in [1.165, 1.54) is 5.56 Å². The molecule has 0 saturated heterocycles. The van der Waals surface area contributed by atoms with E-state index in [1.54, 1.807) is 18.2 Å². The molecular formula is C19H20N2O3. The second kappa shape index (κ2) is 6.74. The summed E-state index contributed by atoms with van der Waals surface area (Å²) in [4.78, 5) is 24.0. The molecule has 0 aromatic heterocycles. The van der Waals surface area contributed by atoms with E-state index in [0.29, 0.717) is 41.6 Å². The van der Waals surface area contributed by atoms with Gasteiger partial charge in [0.25, 0.3) is 5.91 Å². The minimum Gasteiger partial charge on any atom is -0.491 e. The highest BCUT2D eigenvalue weighted by Gasteiger charge is 2.15. The molecule has 24 heavy (non-hydrogen) atoms. The molecule has 0 bridgehead atoms. The van der Waals surface area contributed by atoms with Crippen LogP contribution in [0.15, 0.2) is 42.5 Å². The lowest BCUT2D eigenvalue weighted by molar-refractivity contribution is -0.116. The second-order valence-electron chi connectivity index (χ2n) is 6.09. The smallest absolute Gasteiger partial charge is 0.255 e. The lowest BCUT2D eigenvalue weighted by Crippen LogP contribution is -2.13. The first kappa shape index (κ1) is 16.1. The fourth-order valence-corrected chi connectivity index (χ4v) is 2.52. The molecule has 0 spiro atoms. The third-order valence-corrected chi connectivity index (χ3v) is 3.94. The van der Waals surface area contributed by atoms with Crippen molar-refractivity contribution in [3.63, 3.8) is 0 Å². The Kier molecular flexibility index (Phi) is 4.51. The van der Waals surface area contributed by atoms with E-state index >= 15 is 0 Å². The van der Waals surface area contributed by atoms with Crippen LogP contribution in [0.1, 0.15) is 42.1 Å². The molecule has 2 aromatic rings. The first-order valence-corrected chi connectivity index (χ1v) is 8.01. The molecule has 1 aliphatic heterocycles. The van der Waals surface area contributed by atoms with Crippen LogP contribution in [0, 0.1) is 0 Å². The van der Waals surface area contributed by atoms with E-state index < -0.39 is 0 Å². The minimum absolute atomic E-state index is 0.0958. The normalized spacial score (nSPS) is 13.5. The van der Waals surface area contributed by atoms with Crippen LogP contribution in [-0.4, -0.2) is 18.4 Å². The Morgan fingerprint density at radius 3 is 2.62 bits per heavy atom. The summed E-state index contributed by atoms with van der Waals surface area (Å²) in [7, 11) is 0. The molecule has 3 rings (SSSR count). The number of hydrogen-bond acceptors (Lipinski definition) is 3. The van der Waals surface area contributed by atoms with E-state index in [4.69, 9.17) is 4.74 Å². The summed E-state index contributed by atoms with van der Waals surface area (Å²) in [5, 5.41) is 5.63. The third kappa shape index (κ3) is 3.56. The Balaban J connectivity index is 1.76. The number of fused-ring (bicyclic) bond motifs is 1. The lowest BCUT2D eigenvalue weighted by Gasteiger charge is -2.11. The topological polar surface area (TPSA) is 67.4 Å². The molecule has 1 heterocycles. The third-order valence-electron chi connectivity index (χ3n) is 3.94. The SMILES string of the molecule is CC(C)c1ccc(C(=O)Nc2ccc3c(c2)NC(=O)CCO3)cc1. The van der Waals surface area contributed by atoms with Gasteiger partial charge in [0.1, 0.15) is 5.75 Å². The van der Waals surface area contributed by atoms with Gasteiger partial charge in [-0.25, -0.2) is 0 Å². The molecule has 2 amide bonds. The summed E-state index contributed by atoms with van der Waals surface area (Å²) < 4.78 is 5.50. The summed E-state index contributed by atoms with van der Waals surface area (Å²) in [6.07, 6.45) is 0.318. The van der Waals surface area contributed by atoms with E-state index in [0.717, 1.165) is 0 Å². The summed E-state index contributed by atoms with van der Waals surface area (Å²) >= 11 is 0. The van der Waals surface area contributed by atoms with Gasteiger partial charge in [-0.15, -0.1) is 0 Å². The van der Waals surface area contributed by atoms with E-state index in [9.17, 15) is 9.59 Å². The van der Waals surface area contributed by atoms with Crippen molar-refractivity contribution in [2.45, 2.75) is 26.2 Å². The molecule has 1 aliphatic rings. The predicted octanol–water partition coefficient (Wildman–Crippen LogP) is 3.78. The summed E-state index contributed by atoms with van der Waals surface area (Å²) in [5.41, 5.74) is 2.97. The Morgan fingerprint density at radius 1 is 1.17 bits per heavy atom. The highest BCUT2D eigenvalue weighted by molar-refractivity contribution is 6.05. The molecule has 0 radical (unpaired) electrons. The van der Waals surface area contributed by atoms with Crippen molar-refractivity contribution in [2.24, 2.45) is 0 Å². The second-order valence-corrected chi connectivity index (χ2v) is 6.09. The Labute approximate surface area is 141 Å². The summed E-state index contributed by atoms with van der Waals surface area (Å²) in [5.74, 6) is 0.753. The summed E-state index contributed by atoms with van der Waals surface area (Å²) in [6, 6.07) is 12.8. The van der Waals surface area contributed by atoms with Crippen molar-refractivity contribution in [1.29, 1.82) is 0 Å². The maximum absolute atomic E-state index is 12.4. The molecule has 124 valence electrons. The number of amides is 2. The number of anilines is 2. The van der Waals surface area contributed by atoms with Gasteiger partial charge in [0, 0.05) is 11.3 Å². The molecule has 0 atom stereocenters. The van der Waals surface area contributed by atoms with Crippen molar-refractivity contribution in [1.82, 2.24) is 0 Å². The van der Waals surface area contributed by atoms with Gasteiger partial charge in [-0.1, -0.05) is 26.0 Å². The number of rotatable bonds is 3. The van der Waals surface area contributed by atoms with E-state index in [-0.39, 0.29) is 11.8 Å². The van der Waals surface area contributed by atoms with Gasteiger partial charge in [0.2, 0.25) is 5.91 Å². The Bertz CT molecular complexity index is 767. The standard InChI is InChI=1S/C19H20N2O3/c1-12(2)13-3-5-14(6-4-13)19(23)20-15-7-8-17-16(11-15)21-18(22)9-10-24-17/h3-8,11-12H,9-10H2,1-2H3,(H,20,23)(H,21,22). The van der Waals surface area contributed by atoms with Crippen LogP contribution < -0.4 is 15.4 Å². The first-order valence-electron chi connectivity index (χ1n) is 8.01.